The van der Waals surface area contributed by atoms with Crippen LogP contribution >= 0.6 is 0 Å². The van der Waals surface area contributed by atoms with Crippen LogP contribution in [0, 0.1) is 13.8 Å². The number of hydrogen-bond acceptors (Lipinski definition) is 3. The highest BCUT2D eigenvalue weighted by Crippen LogP contribution is 2.08. The normalized spacial score (nSPS) is 11.1. The molecule has 2 rings (SSSR count). The molecule has 0 N–H and O–H groups in total. The summed E-state index contributed by atoms with van der Waals surface area (Å²) in [7, 11) is 0. The highest BCUT2D eigenvalue weighted by Gasteiger charge is 1.94. The third kappa shape index (κ3) is 2.28. The van der Waals surface area contributed by atoms with Crippen molar-refractivity contribution in [3.8, 4) is 0 Å². The topological polar surface area (TPSA) is 43.1 Å². The van der Waals surface area contributed by atoms with Gasteiger partial charge in [-0.3, -0.25) is 0 Å². The van der Waals surface area contributed by atoms with E-state index in [1.54, 1.807) is 23.5 Å². The second-order valence-electron chi connectivity index (χ2n) is 3.45. The van der Waals surface area contributed by atoms with Crippen molar-refractivity contribution >= 4 is 6.21 Å². The standard InChI is InChI=1S/C11H12N4/c1-9-3-4-11(10(2)5-9)6-14-15-7-12-13-8-15/h3-8H,1-2H3. The van der Waals surface area contributed by atoms with Crippen LogP contribution in [-0.2, 0) is 0 Å². The molecule has 15 heavy (non-hydrogen) atoms. The zero-order valence-corrected chi connectivity index (χ0v) is 8.75. The minimum Gasteiger partial charge on any atom is -0.208 e. The van der Waals surface area contributed by atoms with Crippen molar-refractivity contribution < 1.29 is 0 Å². The minimum absolute atomic E-state index is 1.11. The number of hydrogen-bond donors (Lipinski definition) is 0. The number of benzene rings is 1. The van der Waals surface area contributed by atoms with Crippen molar-refractivity contribution in [3.05, 3.63) is 47.5 Å². The molecule has 2 aromatic rings. The van der Waals surface area contributed by atoms with E-state index in [4.69, 9.17) is 0 Å². The Morgan fingerprint density at radius 1 is 1.20 bits per heavy atom. The summed E-state index contributed by atoms with van der Waals surface area (Å²) in [5.74, 6) is 0. The fourth-order valence-electron chi connectivity index (χ4n) is 1.35. The van der Waals surface area contributed by atoms with E-state index >= 15 is 0 Å². The van der Waals surface area contributed by atoms with Crippen molar-refractivity contribution in [1.29, 1.82) is 0 Å². The van der Waals surface area contributed by atoms with Crippen LogP contribution in [0.25, 0.3) is 0 Å². The minimum atomic E-state index is 1.11. The highest BCUT2D eigenvalue weighted by atomic mass is 15.4. The van der Waals surface area contributed by atoms with Crippen LogP contribution in [0.4, 0.5) is 0 Å². The van der Waals surface area contributed by atoms with E-state index in [9.17, 15) is 0 Å². The van der Waals surface area contributed by atoms with Crippen LogP contribution in [0.1, 0.15) is 16.7 Å². The average molecular weight is 200 g/mol. The molecule has 0 atom stereocenters. The zero-order chi connectivity index (χ0) is 10.7. The Morgan fingerprint density at radius 2 is 1.93 bits per heavy atom. The van der Waals surface area contributed by atoms with Crippen LogP contribution in [0.2, 0.25) is 0 Å². The molecule has 1 aromatic heterocycles. The lowest BCUT2D eigenvalue weighted by Gasteiger charge is -2.00. The summed E-state index contributed by atoms with van der Waals surface area (Å²) < 4.78 is 1.57. The fourth-order valence-corrected chi connectivity index (χ4v) is 1.35. The van der Waals surface area contributed by atoms with Gasteiger partial charge in [0.25, 0.3) is 0 Å². The van der Waals surface area contributed by atoms with Crippen molar-refractivity contribution in [3.63, 3.8) is 0 Å². The number of aryl methyl sites for hydroxylation is 2. The van der Waals surface area contributed by atoms with Crippen LogP contribution in [-0.4, -0.2) is 21.1 Å². The Bertz CT molecular complexity index is 471. The van der Waals surface area contributed by atoms with Gasteiger partial charge in [-0.25, -0.2) is 4.68 Å². The Morgan fingerprint density at radius 3 is 2.60 bits per heavy atom. The van der Waals surface area contributed by atoms with Crippen LogP contribution in [0.3, 0.4) is 0 Å². The Labute approximate surface area is 88.3 Å². The summed E-state index contributed by atoms with van der Waals surface area (Å²) in [5, 5.41) is 11.5. The van der Waals surface area contributed by atoms with Gasteiger partial charge in [-0.2, -0.15) is 5.10 Å². The maximum Gasteiger partial charge on any atom is 0.141 e. The Hall–Kier alpha value is -1.97. The molecule has 0 saturated heterocycles. The van der Waals surface area contributed by atoms with E-state index in [-0.39, 0.29) is 0 Å². The van der Waals surface area contributed by atoms with Crippen molar-refractivity contribution in [2.75, 3.05) is 0 Å². The first kappa shape index (κ1) is 9.58. The highest BCUT2D eigenvalue weighted by molar-refractivity contribution is 5.81. The summed E-state index contributed by atoms with van der Waals surface area (Å²) in [6.07, 6.45) is 4.91. The Balaban J connectivity index is 2.24. The van der Waals surface area contributed by atoms with Crippen LogP contribution < -0.4 is 0 Å². The molecule has 76 valence electrons. The second kappa shape index (κ2) is 4.04. The second-order valence-corrected chi connectivity index (χ2v) is 3.45. The van der Waals surface area contributed by atoms with Crippen LogP contribution in [0.5, 0.6) is 0 Å². The molecule has 0 aliphatic carbocycles. The largest absolute Gasteiger partial charge is 0.208 e. The van der Waals surface area contributed by atoms with Gasteiger partial charge in [0, 0.05) is 0 Å². The first-order chi connectivity index (χ1) is 7.25. The third-order valence-electron chi connectivity index (χ3n) is 2.16. The smallest absolute Gasteiger partial charge is 0.141 e. The number of aromatic nitrogens is 3. The molecule has 0 aliphatic rings. The van der Waals surface area contributed by atoms with E-state index in [1.807, 2.05) is 0 Å². The maximum atomic E-state index is 4.19. The van der Waals surface area contributed by atoms with Gasteiger partial charge < -0.3 is 0 Å². The van der Waals surface area contributed by atoms with Gasteiger partial charge in [0.15, 0.2) is 0 Å². The lowest BCUT2D eigenvalue weighted by molar-refractivity contribution is 0.878. The first-order valence-corrected chi connectivity index (χ1v) is 4.72. The first-order valence-electron chi connectivity index (χ1n) is 4.72. The molecular weight excluding hydrogens is 188 g/mol. The maximum absolute atomic E-state index is 4.19. The predicted octanol–water partition coefficient (Wildman–Crippen LogP) is 1.78. The summed E-state index contributed by atoms with van der Waals surface area (Å²) in [6, 6.07) is 6.26. The third-order valence-corrected chi connectivity index (χ3v) is 2.16. The van der Waals surface area contributed by atoms with E-state index < -0.39 is 0 Å². The number of nitrogens with zero attached hydrogens (tertiary/aromatic N) is 4. The summed E-state index contributed by atoms with van der Waals surface area (Å²) in [4.78, 5) is 0. The zero-order valence-electron chi connectivity index (χ0n) is 8.75. The van der Waals surface area contributed by atoms with Gasteiger partial charge in [-0.1, -0.05) is 23.8 Å². The van der Waals surface area contributed by atoms with Crippen LogP contribution in [0.15, 0.2) is 36.0 Å². The fraction of sp³-hybridized carbons (Fsp3) is 0.182. The summed E-state index contributed by atoms with van der Waals surface area (Å²) in [6.45, 7) is 4.15. The predicted molar refractivity (Wildman–Crippen MR) is 58.9 cm³/mol. The summed E-state index contributed by atoms with van der Waals surface area (Å²) >= 11 is 0. The van der Waals surface area contributed by atoms with E-state index in [2.05, 4.69) is 47.3 Å². The monoisotopic (exact) mass is 200 g/mol. The van der Waals surface area contributed by atoms with Crippen molar-refractivity contribution in [2.45, 2.75) is 13.8 Å². The van der Waals surface area contributed by atoms with Crippen molar-refractivity contribution in [2.24, 2.45) is 5.10 Å². The molecule has 0 fully saturated rings. The molecule has 0 bridgehead atoms. The molecule has 0 radical (unpaired) electrons. The lowest BCUT2D eigenvalue weighted by atomic mass is 10.1. The van der Waals surface area contributed by atoms with Gasteiger partial charge in [0.1, 0.15) is 12.7 Å². The van der Waals surface area contributed by atoms with Gasteiger partial charge in [-0.05, 0) is 25.0 Å². The molecule has 0 unspecified atom stereocenters. The van der Waals surface area contributed by atoms with Gasteiger partial charge >= 0.3 is 0 Å². The average Bonchev–Trinajstić information content (AvgIpc) is 2.69. The number of rotatable bonds is 2. The van der Waals surface area contributed by atoms with Gasteiger partial charge in [0.2, 0.25) is 0 Å². The quantitative estimate of drug-likeness (QED) is 0.693. The van der Waals surface area contributed by atoms with Gasteiger partial charge in [0.05, 0.1) is 6.21 Å². The molecule has 4 heteroatoms. The van der Waals surface area contributed by atoms with E-state index in [0.717, 1.165) is 5.56 Å². The molecule has 0 spiro atoms. The van der Waals surface area contributed by atoms with E-state index in [0.29, 0.717) is 0 Å². The molecular formula is C11H12N4. The molecule has 0 aliphatic heterocycles. The molecule has 4 nitrogen and oxygen atoms in total. The van der Waals surface area contributed by atoms with E-state index in [1.165, 1.54) is 11.1 Å². The molecule has 1 heterocycles. The Kier molecular flexibility index (Phi) is 2.58. The lowest BCUT2D eigenvalue weighted by Crippen LogP contribution is -1.91. The van der Waals surface area contributed by atoms with Crippen molar-refractivity contribution in [1.82, 2.24) is 14.9 Å². The summed E-state index contributed by atoms with van der Waals surface area (Å²) in [5.41, 5.74) is 3.58. The molecule has 0 amide bonds. The SMILES string of the molecule is Cc1ccc(C=Nn2cnnc2)c(C)c1. The van der Waals surface area contributed by atoms with Gasteiger partial charge in [-0.15, -0.1) is 10.2 Å². The molecule has 0 saturated carbocycles. The molecule has 1 aromatic carbocycles.